The van der Waals surface area contributed by atoms with Crippen molar-refractivity contribution in [3.63, 3.8) is 0 Å². The maximum Gasteiger partial charge on any atom is 0.169 e. The van der Waals surface area contributed by atoms with Crippen molar-refractivity contribution in [1.82, 2.24) is 0 Å². The molecule has 0 radical (unpaired) electrons. The van der Waals surface area contributed by atoms with Gasteiger partial charge in [0, 0.05) is 12.0 Å². The van der Waals surface area contributed by atoms with Gasteiger partial charge in [0.1, 0.15) is 11.9 Å². The van der Waals surface area contributed by atoms with Gasteiger partial charge >= 0.3 is 0 Å². The summed E-state index contributed by atoms with van der Waals surface area (Å²) in [5.41, 5.74) is 6.09. The molecule has 0 aliphatic heterocycles. The Kier molecular flexibility index (Phi) is 3.90. The van der Waals surface area contributed by atoms with E-state index in [1.165, 1.54) is 0 Å². The van der Waals surface area contributed by atoms with Crippen molar-refractivity contribution in [2.24, 2.45) is 16.6 Å². The fourth-order valence-electron chi connectivity index (χ4n) is 2.79. The molecule has 1 aromatic rings. The summed E-state index contributed by atoms with van der Waals surface area (Å²) < 4.78 is 6.14. The average Bonchev–Trinajstić information content (AvgIpc) is 2.76. The first-order chi connectivity index (χ1) is 8.38. The normalized spacial score (nSPS) is 23.8. The smallest absolute Gasteiger partial charge is 0.169 e. The van der Waals surface area contributed by atoms with Crippen LogP contribution in [0, 0.1) is 10.8 Å². The molecule has 1 unspecified atom stereocenters. The molecule has 1 aliphatic rings. The Morgan fingerprint density at radius 3 is 2.39 bits per heavy atom. The molecule has 0 saturated heterocycles. The number of rotatable bonds is 3. The minimum Gasteiger partial charge on any atom is -0.452 e. The van der Waals surface area contributed by atoms with Crippen LogP contribution in [0.25, 0.3) is 0 Å². The third-order valence-electron chi connectivity index (χ3n) is 4.45. The van der Waals surface area contributed by atoms with E-state index in [0.717, 1.165) is 25.7 Å². The van der Waals surface area contributed by atoms with Crippen LogP contribution in [0.15, 0.2) is 21.2 Å². The van der Waals surface area contributed by atoms with Gasteiger partial charge in [-0.05, 0) is 59.2 Å². The van der Waals surface area contributed by atoms with E-state index in [-0.39, 0.29) is 5.41 Å². The van der Waals surface area contributed by atoms with Gasteiger partial charge in [-0.25, -0.2) is 0 Å². The Hall–Kier alpha value is -0.320. The minimum absolute atomic E-state index is 0.229. The van der Waals surface area contributed by atoms with Crippen LogP contribution in [0.1, 0.15) is 51.4 Å². The number of hydrogen-bond donors (Lipinski definition) is 2. The zero-order chi connectivity index (χ0) is 13.4. The minimum atomic E-state index is -0.607. The lowest BCUT2D eigenvalue weighted by Crippen LogP contribution is -2.41. The second-order valence-corrected chi connectivity index (χ2v) is 7.06. The molecule has 3 N–H and O–H groups in total. The van der Waals surface area contributed by atoms with Crippen LogP contribution < -0.4 is 5.73 Å². The Balaban J connectivity index is 2.18. The third-order valence-corrected chi connectivity index (χ3v) is 4.88. The van der Waals surface area contributed by atoms with Gasteiger partial charge in [0.25, 0.3) is 0 Å². The third kappa shape index (κ3) is 2.65. The summed E-state index contributed by atoms with van der Waals surface area (Å²) in [7, 11) is 0. The highest BCUT2D eigenvalue weighted by Crippen LogP contribution is 2.50. The highest BCUT2D eigenvalue weighted by Gasteiger charge is 2.44. The summed E-state index contributed by atoms with van der Waals surface area (Å²) in [5.74, 6) is 0.618. The fraction of sp³-hybridized carbons (Fsp3) is 0.714. The molecule has 0 amide bonds. The van der Waals surface area contributed by atoms with E-state index < -0.39 is 6.10 Å². The van der Waals surface area contributed by atoms with Gasteiger partial charge in [-0.3, -0.25) is 0 Å². The van der Waals surface area contributed by atoms with Crippen molar-refractivity contribution in [3.8, 4) is 0 Å². The van der Waals surface area contributed by atoms with Crippen LogP contribution in [0.3, 0.4) is 0 Å². The molecule has 0 aromatic carbocycles. The van der Waals surface area contributed by atoms with E-state index in [9.17, 15) is 5.11 Å². The molecule has 1 aliphatic carbocycles. The van der Waals surface area contributed by atoms with Crippen molar-refractivity contribution in [2.75, 3.05) is 6.54 Å². The van der Waals surface area contributed by atoms with Crippen LogP contribution in [-0.2, 0) is 0 Å². The number of aliphatic hydroxyl groups excluding tert-OH is 1. The van der Waals surface area contributed by atoms with Crippen LogP contribution in [0.5, 0.6) is 0 Å². The lowest BCUT2D eigenvalue weighted by Gasteiger charge is -2.45. The monoisotopic (exact) mass is 315 g/mol. The maximum atomic E-state index is 10.6. The first-order valence-corrected chi connectivity index (χ1v) is 7.31. The molecule has 1 saturated carbocycles. The van der Waals surface area contributed by atoms with Gasteiger partial charge in [-0.2, -0.15) is 0 Å². The molecule has 1 heterocycles. The molecule has 2 rings (SSSR count). The van der Waals surface area contributed by atoms with Gasteiger partial charge in [-0.1, -0.05) is 13.8 Å². The van der Waals surface area contributed by atoms with Crippen LogP contribution in [0.2, 0.25) is 0 Å². The van der Waals surface area contributed by atoms with Gasteiger partial charge < -0.3 is 15.3 Å². The summed E-state index contributed by atoms with van der Waals surface area (Å²) in [6.07, 6.45) is 3.50. The molecule has 18 heavy (non-hydrogen) atoms. The molecule has 0 bridgehead atoms. The first-order valence-electron chi connectivity index (χ1n) is 6.52. The number of aliphatic hydroxyl groups is 1. The average molecular weight is 316 g/mol. The quantitative estimate of drug-likeness (QED) is 0.895. The standard InChI is InChI=1S/C14H22BrNO2/c1-13(2)5-7-14(9-16,8-6-13)12(17)10-3-4-11(15)18-10/h3-4,12,17H,5-9,16H2,1-2H3. The highest BCUT2D eigenvalue weighted by molar-refractivity contribution is 9.10. The molecule has 0 spiro atoms. The zero-order valence-corrected chi connectivity index (χ0v) is 12.7. The zero-order valence-electron chi connectivity index (χ0n) is 11.1. The van der Waals surface area contributed by atoms with Crippen LogP contribution in [-0.4, -0.2) is 11.7 Å². The largest absolute Gasteiger partial charge is 0.452 e. The SMILES string of the molecule is CC1(C)CCC(CN)(C(O)c2ccc(Br)o2)CC1. The second-order valence-electron chi connectivity index (χ2n) is 6.28. The number of nitrogens with two attached hydrogens (primary N) is 1. The molecule has 1 atom stereocenters. The Bertz CT molecular complexity index is 404. The van der Waals surface area contributed by atoms with Crippen molar-refractivity contribution in [2.45, 2.75) is 45.6 Å². The lowest BCUT2D eigenvalue weighted by molar-refractivity contribution is -0.0351. The van der Waals surface area contributed by atoms with Crippen molar-refractivity contribution in [1.29, 1.82) is 0 Å². The predicted octanol–water partition coefficient (Wildman–Crippen LogP) is 3.62. The van der Waals surface area contributed by atoms with Crippen molar-refractivity contribution in [3.05, 3.63) is 22.6 Å². The topological polar surface area (TPSA) is 59.4 Å². The van der Waals surface area contributed by atoms with Crippen LogP contribution >= 0.6 is 15.9 Å². The van der Waals surface area contributed by atoms with Crippen LogP contribution in [0.4, 0.5) is 0 Å². The van der Waals surface area contributed by atoms with E-state index >= 15 is 0 Å². The number of furan rings is 1. The summed E-state index contributed by atoms with van der Waals surface area (Å²) in [4.78, 5) is 0. The van der Waals surface area contributed by atoms with Crippen molar-refractivity contribution < 1.29 is 9.52 Å². The predicted molar refractivity (Wildman–Crippen MR) is 75.1 cm³/mol. The van der Waals surface area contributed by atoms with E-state index in [2.05, 4.69) is 29.8 Å². The molecule has 102 valence electrons. The highest BCUT2D eigenvalue weighted by atomic mass is 79.9. The van der Waals surface area contributed by atoms with E-state index in [1.54, 1.807) is 0 Å². The summed E-state index contributed by atoms with van der Waals surface area (Å²) in [6.45, 7) is 5.06. The molecule has 4 heteroatoms. The van der Waals surface area contributed by atoms with E-state index in [4.69, 9.17) is 10.2 Å². The van der Waals surface area contributed by atoms with Gasteiger partial charge in [-0.15, -0.1) is 0 Å². The van der Waals surface area contributed by atoms with E-state index in [0.29, 0.717) is 22.4 Å². The second kappa shape index (κ2) is 4.99. The lowest BCUT2D eigenvalue weighted by atomic mass is 9.62. The molecule has 3 nitrogen and oxygen atoms in total. The molecule has 1 fully saturated rings. The maximum absolute atomic E-state index is 10.6. The van der Waals surface area contributed by atoms with Crippen molar-refractivity contribution >= 4 is 15.9 Å². The molecular formula is C14H22BrNO2. The molecular weight excluding hydrogens is 294 g/mol. The Morgan fingerprint density at radius 1 is 1.33 bits per heavy atom. The van der Waals surface area contributed by atoms with Gasteiger partial charge in [0.05, 0.1) is 0 Å². The first kappa shape index (κ1) is 14.1. The number of halogens is 1. The van der Waals surface area contributed by atoms with Gasteiger partial charge in [0.2, 0.25) is 0 Å². The summed E-state index contributed by atoms with van der Waals surface area (Å²) in [6, 6.07) is 3.64. The Labute approximate surface area is 117 Å². The number of hydrogen-bond acceptors (Lipinski definition) is 3. The molecule has 1 aromatic heterocycles. The van der Waals surface area contributed by atoms with Gasteiger partial charge in [0.15, 0.2) is 4.67 Å². The summed E-state index contributed by atoms with van der Waals surface area (Å²) in [5, 5.41) is 10.6. The fourth-order valence-corrected chi connectivity index (χ4v) is 3.11. The van der Waals surface area contributed by atoms with E-state index in [1.807, 2.05) is 12.1 Å². The Morgan fingerprint density at radius 2 is 1.94 bits per heavy atom. The summed E-state index contributed by atoms with van der Waals surface area (Å²) >= 11 is 3.27.